The first-order valence-corrected chi connectivity index (χ1v) is 8.96. The summed E-state index contributed by atoms with van der Waals surface area (Å²) >= 11 is 1.35. The fourth-order valence-electron chi connectivity index (χ4n) is 2.34. The molecule has 0 atom stereocenters. The lowest BCUT2D eigenvalue weighted by Crippen LogP contribution is -2.16. The van der Waals surface area contributed by atoms with Crippen LogP contribution in [0.15, 0.2) is 48.9 Å². The van der Waals surface area contributed by atoms with Crippen molar-refractivity contribution in [3.8, 4) is 10.7 Å². The van der Waals surface area contributed by atoms with E-state index in [0.717, 1.165) is 23.5 Å². The topological polar surface area (TPSA) is 96.9 Å². The van der Waals surface area contributed by atoms with Gasteiger partial charge in [-0.1, -0.05) is 17.4 Å². The Kier molecular flexibility index (Phi) is 4.40. The van der Waals surface area contributed by atoms with Gasteiger partial charge in [0.1, 0.15) is 15.8 Å². The van der Waals surface area contributed by atoms with Crippen LogP contribution in [0.3, 0.4) is 0 Å². The van der Waals surface area contributed by atoms with Gasteiger partial charge in [0.25, 0.3) is 5.91 Å². The maximum atomic E-state index is 12.5. The van der Waals surface area contributed by atoms with Crippen molar-refractivity contribution in [1.82, 2.24) is 15.0 Å². The number of anilines is 2. The molecule has 0 spiro atoms. The number of thiazole rings is 1. The first-order chi connectivity index (χ1) is 12.7. The van der Waals surface area contributed by atoms with E-state index in [1.807, 2.05) is 18.2 Å². The van der Waals surface area contributed by atoms with Crippen LogP contribution in [0.1, 0.15) is 23.2 Å². The van der Waals surface area contributed by atoms with Crippen molar-refractivity contribution in [2.24, 2.45) is 5.92 Å². The number of rotatable bonds is 5. The summed E-state index contributed by atoms with van der Waals surface area (Å²) in [5.41, 5.74) is 1.17. The molecule has 2 N–H and O–H groups in total. The van der Waals surface area contributed by atoms with Crippen LogP contribution in [0.5, 0.6) is 0 Å². The van der Waals surface area contributed by atoms with E-state index in [2.05, 4.69) is 25.6 Å². The number of aromatic nitrogens is 3. The van der Waals surface area contributed by atoms with Gasteiger partial charge in [0.2, 0.25) is 5.91 Å². The molecule has 8 heteroatoms. The van der Waals surface area contributed by atoms with Gasteiger partial charge >= 0.3 is 0 Å². The number of nitrogens with one attached hydrogen (secondary N) is 2. The molecule has 3 aromatic heterocycles. The van der Waals surface area contributed by atoms with E-state index in [-0.39, 0.29) is 17.7 Å². The van der Waals surface area contributed by atoms with Crippen LogP contribution in [0.4, 0.5) is 10.8 Å². The second-order valence-corrected chi connectivity index (χ2v) is 6.92. The maximum absolute atomic E-state index is 12.5. The number of hydrogen-bond donors (Lipinski definition) is 2. The Morgan fingerprint density at radius 2 is 1.92 bits per heavy atom. The van der Waals surface area contributed by atoms with E-state index < -0.39 is 0 Å². The molecule has 1 saturated carbocycles. The molecule has 0 bridgehead atoms. The number of nitrogens with zero attached hydrogens (tertiary/aromatic N) is 3. The van der Waals surface area contributed by atoms with Crippen molar-refractivity contribution in [3.63, 3.8) is 0 Å². The maximum Gasteiger partial charge on any atom is 0.256 e. The molecule has 0 radical (unpaired) electrons. The predicted octanol–water partition coefficient (Wildman–Crippen LogP) is 3.20. The Balaban J connectivity index is 1.45. The molecule has 130 valence electrons. The highest BCUT2D eigenvalue weighted by Crippen LogP contribution is 2.30. The van der Waals surface area contributed by atoms with Crippen molar-refractivity contribution >= 4 is 34.0 Å². The van der Waals surface area contributed by atoms with Crippen LogP contribution in [-0.4, -0.2) is 26.8 Å². The van der Waals surface area contributed by atoms with Crippen molar-refractivity contribution in [2.45, 2.75) is 12.8 Å². The average Bonchev–Trinajstić information content (AvgIpc) is 3.42. The third kappa shape index (κ3) is 3.75. The number of carbonyl (C=O) groups is 2. The molecule has 0 unspecified atom stereocenters. The number of pyridine rings is 2. The van der Waals surface area contributed by atoms with E-state index >= 15 is 0 Å². The Labute approximate surface area is 153 Å². The Hall–Kier alpha value is -3.13. The Morgan fingerprint density at radius 3 is 2.69 bits per heavy atom. The van der Waals surface area contributed by atoms with Crippen molar-refractivity contribution < 1.29 is 9.59 Å². The highest BCUT2D eigenvalue weighted by Gasteiger charge is 2.29. The molecule has 1 aliphatic rings. The van der Waals surface area contributed by atoms with Gasteiger partial charge in [0, 0.05) is 23.9 Å². The summed E-state index contributed by atoms with van der Waals surface area (Å²) in [6.07, 6.45) is 6.63. The van der Waals surface area contributed by atoms with E-state index in [1.165, 1.54) is 17.5 Å². The molecule has 1 fully saturated rings. The van der Waals surface area contributed by atoms with Crippen LogP contribution < -0.4 is 10.6 Å². The van der Waals surface area contributed by atoms with Gasteiger partial charge in [-0.3, -0.25) is 14.6 Å². The highest BCUT2D eigenvalue weighted by atomic mass is 32.1. The average molecular weight is 365 g/mol. The first-order valence-electron chi connectivity index (χ1n) is 8.14. The third-order valence-electron chi connectivity index (χ3n) is 3.85. The molecule has 2 amide bonds. The fourth-order valence-corrected chi connectivity index (χ4v) is 3.13. The quantitative estimate of drug-likeness (QED) is 0.724. The first kappa shape index (κ1) is 16.3. The molecule has 0 saturated heterocycles. The molecular weight excluding hydrogens is 350 g/mol. The summed E-state index contributed by atoms with van der Waals surface area (Å²) in [4.78, 5) is 36.9. The lowest BCUT2D eigenvalue weighted by atomic mass is 10.2. The van der Waals surface area contributed by atoms with Crippen LogP contribution in [-0.2, 0) is 4.79 Å². The van der Waals surface area contributed by atoms with Gasteiger partial charge in [-0.15, -0.1) is 0 Å². The van der Waals surface area contributed by atoms with Gasteiger partial charge in [0.15, 0.2) is 0 Å². The van der Waals surface area contributed by atoms with E-state index in [4.69, 9.17) is 0 Å². The minimum atomic E-state index is -0.287. The van der Waals surface area contributed by atoms with Crippen LogP contribution in [0.25, 0.3) is 10.7 Å². The minimum Gasteiger partial charge on any atom is -0.312 e. The van der Waals surface area contributed by atoms with Crippen LogP contribution in [0, 0.1) is 5.92 Å². The van der Waals surface area contributed by atoms with Gasteiger partial charge < -0.3 is 10.6 Å². The molecule has 26 heavy (non-hydrogen) atoms. The fraction of sp³-hybridized carbons (Fsp3) is 0.167. The number of amides is 2. The predicted molar refractivity (Wildman–Crippen MR) is 98.9 cm³/mol. The summed E-state index contributed by atoms with van der Waals surface area (Å²) < 4.78 is 0. The zero-order valence-corrected chi connectivity index (χ0v) is 14.5. The van der Waals surface area contributed by atoms with Crippen LogP contribution >= 0.6 is 11.3 Å². The second-order valence-electron chi connectivity index (χ2n) is 5.89. The summed E-state index contributed by atoms with van der Waals surface area (Å²) in [6, 6.07) is 8.75. The monoisotopic (exact) mass is 365 g/mol. The van der Waals surface area contributed by atoms with E-state index in [0.29, 0.717) is 16.4 Å². The Morgan fingerprint density at radius 1 is 1.04 bits per heavy atom. The summed E-state index contributed by atoms with van der Waals surface area (Å²) in [5.74, 6) is 0.132. The second kappa shape index (κ2) is 7.01. The smallest absolute Gasteiger partial charge is 0.256 e. The molecular formula is C18H15N5O2S. The van der Waals surface area contributed by atoms with Crippen LogP contribution in [0.2, 0.25) is 0 Å². The van der Waals surface area contributed by atoms with Gasteiger partial charge in [0.05, 0.1) is 11.9 Å². The third-order valence-corrected chi connectivity index (χ3v) is 4.78. The molecule has 3 aromatic rings. The molecule has 4 rings (SSSR count). The summed E-state index contributed by atoms with van der Waals surface area (Å²) in [5, 5.41) is 6.90. The molecule has 0 aliphatic heterocycles. The largest absolute Gasteiger partial charge is 0.312 e. The van der Waals surface area contributed by atoms with E-state index in [9.17, 15) is 9.59 Å². The molecule has 0 aromatic carbocycles. The number of carbonyl (C=O) groups excluding carboxylic acids is 2. The van der Waals surface area contributed by atoms with E-state index in [1.54, 1.807) is 24.5 Å². The summed E-state index contributed by atoms with van der Waals surface area (Å²) in [6.45, 7) is 0. The minimum absolute atomic E-state index is 0.0440. The zero-order valence-electron chi connectivity index (χ0n) is 13.7. The van der Waals surface area contributed by atoms with Crippen molar-refractivity contribution in [2.75, 3.05) is 10.6 Å². The number of hydrogen-bond acceptors (Lipinski definition) is 6. The lowest BCUT2D eigenvalue weighted by molar-refractivity contribution is -0.117. The molecule has 7 nitrogen and oxygen atoms in total. The summed E-state index contributed by atoms with van der Waals surface area (Å²) in [7, 11) is 0. The highest BCUT2D eigenvalue weighted by molar-refractivity contribution is 7.19. The molecule has 3 heterocycles. The lowest BCUT2D eigenvalue weighted by Gasteiger charge is -2.06. The normalized spacial score (nSPS) is 13.2. The SMILES string of the molecule is O=C(Nc1cnc(-c2ccccn2)s1)c1ccnc(NC(=O)C2CC2)c1. The van der Waals surface area contributed by atoms with Crippen molar-refractivity contribution in [3.05, 3.63) is 54.5 Å². The van der Waals surface area contributed by atoms with Gasteiger partial charge in [-0.2, -0.15) is 0 Å². The van der Waals surface area contributed by atoms with Crippen molar-refractivity contribution in [1.29, 1.82) is 0 Å². The standard InChI is InChI=1S/C18H15N5O2S/c24-16(11-4-5-11)22-14-9-12(6-8-20-14)17(25)23-15-10-21-18(26-15)13-3-1-2-7-19-13/h1-3,6-11H,4-5H2,(H,23,25)(H,20,22,24). The zero-order chi connectivity index (χ0) is 17.9. The Bertz CT molecular complexity index is 953. The van der Waals surface area contributed by atoms with Gasteiger partial charge in [-0.25, -0.2) is 9.97 Å². The molecule has 1 aliphatic carbocycles. The van der Waals surface area contributed by atoms with Gasteiger partial charge in [-0.05, 0) is 37.1 Å².